The minimum Gasteiger partial charge on any atom is -0.461 e. The number of carbonyl (C=O) groups is 2. The highest BCUT2D eigenvalue weighted by Gasteiger charge is 2.17. The van der Waals surface area contributed by atoms with Gasteiger partial charge in [0.25, 0.3) is 0 Å². The number of hydrogen-bond donors (Lipinski definition) is 0. The third-order valence-electron chi connectivity index (χ3n) is 9.93. The lowest BCUT2D eigenvalue weighted by molar-refractivity contribution is -0.162. The van der Waals surface area contributed by atoms with Gasteiger partial charge in [0.15, 0.2) is 6.10 Å². The number of allylic oxidation sites excluding steroid dienone is 13. The van der Waals surface area contributed by atoms with Gasteiger partial charge in [-0.05, 0) is 70.6 Å². The smallest absolute Gasteiger partial charge is 0.309 e. The molecule has 0 aromatic heterocycles. The van der Waals surface area contributed by atoms with E-state index in [9.17, 15) is 9.59 Å². The molecule has 1 atom stereocenters. The Balaban J connectivity index is 4.41. The molecule has 5 nitrogen and oxygen atoms in total. The molecule has 0 heterocycles. The van der Waals surface area contributed by atoms with Gasteiger partial charge in [-0.3, -0.25) is 9.59 Å². The van der Waals surface area contributed by atoms with Crippen LogP contribution in [-0.4, -0.2) is 37.9 Å². The van der Waals surface area contributed by atoms with Crippen LogP contribution in [0.1, 0.15) is 213 Å². The average Bonchev–Trinajstić information content (AvgIpc) is 3.22. The molecule has 0 radical (unpaired) electrons. The van der Waals surface area contributed by atoms with Crippen LogP contribution in [0, 0.1) is 0 Å². The molecule has 0 aliphatic carbocycles. The molecule has 0 spiro atoms. The first-order valence-electron chi connectivity index (χ1n) is 24.1. The maximum atomic E-state index is 12.7. The second-order valence-corrected chi connectivity index (χ2v) is 15.7. The molecule has 0 aliphatic rings. The summed E-state index contributed by atoms with van der Waals surface area (Å²) in [5.74, 6) is -0.549. The lowest BCUT2D eigenvalue weighted by Crippen LogP contribution is -2.30. The van der Waals surface area contributed by atoms with Crippen molar-refractivity contribution in [3.63, 3.8) is 0 Å². The van der Waals surface area contributed by atoms with Gasteiger partial charge < -0.3 is 14.2 Å². The van der Waals surface area contributed by atoms with Crippen LogP contribution in [0.5, 0.6) is 0 Å². The summed E-state index contributed by atoms with van der Waals surface area (Å²) in [4.78, 5) is 25.2. The molecule has 0 fully saturated rings. The number of esters is 2. The van der Waals surface area contributed by atoms with E-state index in [1.165, 1.54) is 103 Å². The number of rotatable bonds is 43. The van der Waals surface area contributed by atoms with Crippen molar-refractivity contribution in [3.05, 3.63) is 85.1 Å². The maximum absolute atomic E-state index is 12.7. The highest BCUT2D eigenvalue weighted by atomic mass is 16.6. The van der Waals surface area contributed by atoms with Crippen LogP contribution < -0.4 is 0 Å². The molecule has 0 rings (SSSR count). The minimum atomic E-state index is -0.582. The molecule has 0 amide bonds. The summed E-state index contributed by atoms with van der Waals surface area (Å²) in [5, 5.41) is 0. The molecule has 0 aromatic rings. The quantitative estimate of drug-likeness (QED) is 0.0349. The van der Waals surface area contributed by atoms with E-state index in [0.29, 0.717) is 13.0 Å². The Morgan fingerprint density at radius 2 is 0.862 bits per heavy atom. The van der Waals surface area contributed by atoms with Crippen molar-refractivity contribution >= 4 is 11.9 Å². The fourth-order valence-electron chi connectivity index (χ4n) is 6.38. The Hall–Kier alpha value is -2.92. The summed E-state index contributed by atoms with van der Waals surface area (Å²) in [6.45, 7) is 7.52. The number of unbranched alkanes of at least 4 members (excludes halogenated alkanes) is 19. The third kappa shape index (κ3) is 45.8. The van der Waals surface area contributed by atoms with Gasteiger partial charge >= 0.3 is 11.9 Å². The van der Waals surface area contributed by atoms with Crippen molar-refractivity contribution in [3.8, 4) is 0 Å². The van der Waals surface area contributed by atoms with Gasteiger partial charge in [0, 0.05) is 13.0 Å². The molecule has 5 heteroatoms. The number of carbonyl (C=O) groups excluding carboxylic acids is 2. The molecule has 1 unspecified atom stereocenters. The Labute approximate surface area is 359 Å². The third-order valence-corrected chi connectivity index (χ3v) is 9.93. The zero-order chi connectivity index (χ0) is 42.1. The molecule has 0 N–H and O–H groups in total. The van der Waals surface area contributed by atoms with Gasteiger partial charge in [-0.2, -0.15) is 0 Å². The van der Waals surface area contributed by atoms with E-state index in [2.05, 4.69) is 93.7 Å². The summed E-state index contributed by atoms with van der Waals surface area (Å²) in [6, 6.07) is 0. The van der Waals surface area contributed by atoms with E-state index in [-0.39, 0.29) is 31.6 Å². The first kappa shape index (κ1) is 55.1. The van der Waals surface area contributed by atoms with E-state index in [1.54, 1.807) is 0 Å². The van der Waals surface area contributed by atoms with Crippen LogP contribution in [0.3, 0.4) is 0 Å². The molecular formula is C53H90O5. The average molecular weight is 807 g/mol. The second-order valence-electron chi connectivity index (χ2n) is 15.7. The molecule has 58 heavy (non-hydrogen) atoms. The summed E-state index contributed by atoms with van der Waals surface area (Å²) in [6.07, 6.45) is 63.2. The van der Waals surface area contributed by atoms with Crippen molar-refractivity contribution in [2.24, 2.45) is 0 Å². The fraction of sp³-hybridized carbons (Fsp3) is 0.698. The van der Waals surface area contributed by atoms with E-state index < -0.39 is 6.10 Å². The standard InChI is InChI=1S/C53H90O5/c1-4-7-10-13-16-19-22-25-27-29-31-34-37-40-43-46-52(54)57-50-51(49-56-48-45-42-39-36-33-30-26-23-20-17-14-11-8-5-2)58-53(55)47-44-41-38-35-32-28-24-21-18-15-12-9-6-3/h7,10-11,14,16,19-20,23,25,27,31,34,40,43,51H,4-6,8-9,12-13,15,17-18,21-22,24,26,28-30,32-33,35-39,41-42,44-50H2,1-3H3/b10-7-,14-11-,19-16-,23-20-,27-25-,34-31-,43-40-. The highest BCUT2D eigenvalue weighted by Crippen LogP contribution is 2.14. The first-order chi connectivity index (χ1) is 28.6. The summed E-state index contributed by atoms with van der Waals surface area (Å²) >= 11 is 0. The van der Waals surface area contributed by atoms with Gasteiger partial charge in [0.2, 0.25) is 0 Å². The zero-order valence-electron chi connectivity index (χ0n) is 38.0. The van der Waals surface area contributed by atoms with Crippen LogP contribution in [0.2, 0.25) is 0 Å². The number of hydrogen-bond acceptors (Lipinski definition) is 5. The zero-order valence-corrected chi connectivity index (χ0v) is 38.0. The lowest BCUT2D eigenvalue weighted by Gasteiger charge is -2.18. The van der Waals surface area contributed by atoms with Crippen molar-refractivity contribution in [1.29, 1.82) is 0 Å². The van der Waals surface area contributed by atoms with E-state index in [4.69, 9.17) is 14.2 Å². The van der Waals surface area contributed by atoms with Crippen molar-refractivity contribution in [1.82, 2.24) is 0 Å². The van der Waals surface area contributed by atoms with Crippen LogP contribution in [0.25, 0.3) is 0 Å². The monoisotopic (exact) mass is 807 g/mol. The van der Waals surface area contributed by atoms with Gasteiger partial charge in [-0.1, -0.05) is 215 Å². The lowest BCUT2D eigenvalue weighted by atomic mass is 10.0. The predicted octanol–water partition coefficient (Wildman–Crippen LogP) is 16.1. The summed E-state index contributed by atoms with van der Waals surface area (Å²) in [7, 11) is 0. The normalized spacial score (nSPS) is 12.9. The molecular weight excluding hydrogens is 717 g/mol. The summed E-state index contributed by atoms with van der Waals surface area (Å²) < 4.78 is 17.2. The summed E-state index contributed by atoms with van der Waals surface area (Å²) in [5.41, 5.74) is 0. The molecule has 0 bridgehead atoms. The Morgan fingerprint density at radius 3 is 1.40 bits per heavy atom. The van der Waals surface area contributed by atoms with E-state index in [0.717, 1.165) is 77.0 Å². The van der Waals surface area contributed by atoms with E-state index in [1.807, 2.05) is 12.2 Å². The van der Waals surface area contributed by atoms with Gasteiger partial charge in [-0.15, -0.1) is 0 Å². The number of ether oxygens (including phenoxy) is 3. The van der Waals surface area contributed by atoms with Gasteiger partial charge in [0.05, 0.1) is 13.0 Å². The predicted molar refractivity (Wildman–Crippen MR) is 251 cm³/mol. The van der Waals surface area contributed by atoms with Crippen LogP contribution in [-0.2, 0) is 23.8 Å². The Kier molecular flexibility index (Phi) is 46.0. The molecule has 0 aliphatic heterocycles. The fourth-order valence-corrected chi connectivity index (χ4v) is 6.38. The van der Waals surface area contributed by atoms with E-state index >= 15 is 0 Å². The maximum Gasteiger partial charge on any atom is 0.309 e. The highest BCUT2D eigenvalue weighted by molar-refractivity contribution is 5.71. The molecule has 332 valence electrons. The SMILES string of the molecule is CC/C=C\C/C=C\C/C=C\C/C=C\C/C=C\CC(=O)OCC(COCCCCCCCC/C=C\C/C=C\CCC)OC(=O)CCCCCCCCCCCCCCC. The largest absolute Gasteiger partial charge is 0.461 e. The second kappa shape index (κ2) is 48.4. The molecule has 0 saturated carbocycles. The van der Waals surface area contributed by atoms with Gasteiger partial charge in [-0.25, -0.2) is 0 Å². The van der Waals surface area contributed by atoms with Crippen LogP contribution in [0.4, 0.5) is 0 Å². The van der Waals surface area contributed by atoms with Crippen LogP contribution in [0.15, 0.2) is 85.1 Å². The molecule has 0 saturated heterocycles. The van der Waals surface area contributed by atoms with Gasteiger partial charge in [0.1, 0.15) is 6.61 Å². The first-order valence-corrected chi connectivity index (χ1v) is 24.1. The Morgan fingerprint density at radius 1 is 0.414 bits per heavy atom. The van der Waals surface area contributed by atoms with Crippen molar-refractivity contribution in [2.75, 3.05) is 19.8 Å². The van der Waals surface area contributed by atoms with Crippen molar-refractivity contribution in [2.45, 2.75) is 219 Å². The van der Waals surface area contributed by atoms with Crippen molar-refractivity contribution < 1.29 is 23.8 Å². The minimum absolute atomic E-state index is 0.0252. The Bertz CT molecular complexity index is 1090. The van der Waals surface area contributed by atoms with Crippen LogP contribution >= 0.6 is 0 Å². The topological polar surface area (TPSA) is 61.8 Å². The molecule has 0 aromatic carbocycles.